The molecule has 0 unspecified atom stereocenters. The zero-order valence-electron chi connectivity index (χ0n) is 87.5. The van der Waals surface area contributed by atoms with Gasteiger partial charge in [0.05, 0.1) is 18.0 Å². The van der Waals surface area contributed by atoms with Crippen molar-refractivity contribution in [3.63, 3.8) is 0 Å². The van der Waals surface area contributed by atoms with Gasteiger partial charge in [-0.3, -0.25) is 25.0 Å². The van der Waals surface area contributed by atoms with Gasteiger partial charge in [0.2, 0.25) is 0 Å². The van der Waals surface area contributed by atoms with Gasteiger partial charge in [0, 0.05) is 76.0 Å². The molecule has 3 N–H and O–H groups in total. The van der Waals surface area contributed by atoms with Crippen molar-refractivity contribution in [2.24, 2.45) is 62.5 Å². The quantitative estimate of drug-likeness (QED) is 0.104. The Morgan fingerprint density at radius 2 is 0.874 bits per heavy atom. The number of aryl methyl sites for hydroxylation is 3. The van der Waals surface area contributed by atoms with Gasteiger partial charge in [-0.2, -0.15) is 5.10 Å². The van der Waals surface area contributed by atoms with Crippen LogP contribution in [0.5, 0.6) is 0 Å². The molecular formula is C113H185FN12S. The van der Waals surface area contributed by atoms with E-state index in [-0.39, 0.29) is 27.5 Å². The average Bonchev–Trinajstić information content (AvgIpc) is 1.46. The van der Waals surface area contributed by atoms with Gasteiger partial charge in [-0.15, -0.1) is 11.3 Å². The fourth-order valence-corrected chi connectivity index (χ4v) is 18.1. The molecule has 0 amide bonds. The highest BCUT2D eigenvalue weighted by atomic mass is 32.1. The average molecular weight is 1760 g/mol. The Hall–Kier alpha value is -6.36. The number of allylic oxidation sites excluding steroid dienone is 1. The van der Waals surface area contributed by atoms with Crippen molar-refractivity contribution < 1.29 is 4.39 Å². The first-order chi connectivity index (χ1) is 58.8. The molecule has 8 heterocycles. The van der Waals surface area contributed by atoms with Gasteiger partial charge in [0.1, 0.15) is 17.5 Å². The first-order valence-electron chi connectivity index (χ1n) is 48.7. The molecule has 3 aromatic heterocycles. The minimum absolute atomic E-state index is 0.106. The van der Waals surface area contributed by atoms with Gasteiger partial charge in [-0.25, -0.2) is 14.4 Å². The second kappa shape index (κ2) is 47.3. The molecule has 0 bridgehead atoms. The molecular weight excluding hydrogens is 1580 g/mol. The number of halogens is 1. The maximum Gasteiger partial charge on any atom is 0.127 e. The molecule has 710 valence electrons. The van der Waals surface area contributed by atoms with Crippen LogP contribution in [0.15, 0.2) is 157 Å². The topological polar surface area (TPSA) is 97.0 Å². The van der Waals surface area contributed by atoms with E-state index in [9.17, 15) is 4.39 Å². The summed E-state index contributed by atoms with van der Waals surface area (Å²) in [6.45, 7) is 88.1. The van der Waals surface area contributed by atoms with Crippen molar-refractivity contribution in [1.29, 1.82) is 0 Å². The molecule has 12 nitrogen and oxygen atoms in total. The highest BCUT2D eigenvalue weighted by Gasteiger charge is 2.44. The van der Waals surface area contributed by atoms with E-state index >= 15 is 0 Å². The zero-order valence-corrected chi connectivity index (χ0v) is 88.3. The summed E-state index contributed by atoms with van der Waals surface area (Å²) in [5, 5.41) is 12.7. The number of hydrogen-bond acceptors (Lipinski definition) is 11. The summed E-state index contributed by atoms with van der Waals surface area (Å²) in [4.78, 5) is 20.5. The van der Waals surface area contributed by atoms with Gasteiger partial charge in [0.25, 0.3) is 0 Å². The van der Waals surface area contributed by atoms with E-state index in [0.717, 1.165) is 67.0 Å². The highest BCUT2D eigenvalue weighted by molar-refractivity contribution is 7.09. The molecule has 4 aromatic carbocycles. The predicted molar refractivity (Wildman–Crippen MR) is 550 cm³/mol. The molecule has 5 aliphatic heterocycles. The number of piperidine rings is 4. The SMILES string of the molecule is C=C1C=CC(CN2CCC(C)(C(C)(C)C)CC2)=NN1.CC(C)(C)C1(C)CCN(Cc2cccs2)CC1.CC(C)(C)c1ccc(C2CCCCC2)cc1.CNCc1ccc(C(C)(C)C)c(F)c1.CNCc1ccc(C(C)(C)C)cc1.Cc1ccc(C(C)(C)C)cc1.Cc1ncc(CN2CCC(C)(C(C)(C)C)CC2)n1C.Cn1ccnc1CN1CCC(C)(C(C)(C)C)CC1. The lowest BCUT2D eigenvalue weighted by atomic mass is 9.63. The van der Waals surface area contributed by atoms with Crippen molar-refractivity contribution in [3.8, 4) is 0 Å². The molecule has 13 rings (SSSR count). The lowest BCUT2D eigenvalue weighted by molar-refractivity contribution is 0.0187. The summed E-state index contributed by atoms with van der Waals surface area (Å²) < 4.78 is 18.0. The Balaban J connectivity index is 0.000000225. The van der Waals surface area contributed by atoms with E-state index in [4.69, 9.17) is 0 Å². The van der Waals surface area contributed by atoms with E-state index in [1.54, 1.807) is 11.6 Å². The summed E-state index contributed by atoms with van der Waals surface area (Å²) in [5.74, 6) is 3.01. The van der Waals surface area contributed by atoms with E-state index < -0.39 is 0 Å². The van der Waals surface area contributed by atoms with Crippen LogP contribution in [0, 0.1) is 63.0 Å². The molecule has 0 radical (unpaired) electrons. The summed E-state index contributed by atoms with van der Waals surface area (Å²) in [5.41, 5.74) is 20.8. The molecule has 6 aliphatic rings. The van der Waals surface area contributed by atoms with Crippen LogP contribution in [0.1, 0.15) is 350 Å². The van der Waals surface area contributed by atoms with E-state index in [2.05, 4.69) is 364 Å². The van der Waals surface area contributed by atoms with Crippen LogP contribution < -0.4 is 16.1 Å². The Morgan fingerprint density at radius 3 is 1.23 bits per heavy atom. The number of hydrogen-bond donors (Lipinski definition) is 3. The van der Waals surface area contributed by atoms with E-state index in [1.807, 2.05) is 83.0 Å². The second-order valence-electron chi connectivity index (χ2n) is 47.7. The van der Waals surface area contributed by atoms with Crippen LogP contribution in [0.4, 0.5) is 4.39 Å². The maximum absolute atomic E-state index is 13.6. The normalized spacial score (nSPS) is 18.4. The minimum atomic E-state index is -0.123. The van der Waals surface area contributed by atoms with Crippen LogP contribution >= 0.6 is 11.3 Å². The van der Waals surface area contributed by atoms with E-state index in [0.29, 0.717) is 49.9 Å². The third-order valence-electron chi connectivity index (χ3n) is 30.4. The predicted octanol–water partition coefficient (Wildman–Crippen LogP) is 27.9. The van der Waals surface area contributed by atoms with Crippen molar-refractivity contribution in [1.82, 2.24) is 54.8 Å². The number of hydrazone groups is 1. The lowest BCUT2D eigenvalue weighted by Crippen LogP contribution is -2.46. The van der Waals surface area contributed by atoms with Crippen molar-refractivity contribution >= 4 is 17.0 Å². The largest absolute Gasteiger partial charge is 0.337 e. The Morgan fingerprint density at radius 1 is 0.472 bits per heavy atom. The standard InChI is InChI=1S/C16H29N3.C16H27N3.C16H24.C15H27N3.C15H25NS.C12H18FN.C12H19N.C11H16/c1-13-17-11-14(18(13)6)12-19-9-7-16(5,8-10-19)15(2,3)4;1-13-6-7-14(18-17-13)12-19-10-8-16(5,9-11-19)15(2,3)4;1-16(2,3)15-11-9-14(10-12-15)13-7-5-4-6-8-13;1-14(2,3)15(4)6-9-18(10-7-15)12-13-16-8-11-17(13)5;1-14(2,3)15(4)7-9-16(10-8-15)12-13-6-5-11-17-13;1-12(2,3)10-6-5-9(8-14-4)7-11(10)13;1-12(2,3)11-7-5-10(6-8-11)9-13-4;1-9-5-7-10(8-6-9)11(2,3)4/h11H,7-10,12H2,1-6H3;6-7,17H,1,8-12H2,2-5H3;9-13H,4-8H2,1-3H3;8,11H,6-7,9-10,12H2,1-5H3;5-6,11H,7-10,12H2,1-4H3;5-7,14H,8H2,1-4H3;5-8,13H,9H2,1-4H3;5-8H,1-4H3. The Bertz CT molecular complexity index is 4380. The van der Waals surface area contributed by atoms with Crippen LogP contribution in [-0.2, 0) is 68.5 Å². The first-order valence-corrected chi connectivity index (χ1v) is 49.6. The molecule has 1 saturated carbocycles. The molecule has 4 saturated heterocycles. The first kappa shape index (κ1) is 109. The van der Waals surface area contributed by atoms with Gasteiger partial charge in [-0.05, 0) is 284 Å². The molecule has 0 atom stereocenters. The van der Waals surface area contributed by atoms with Crippen LogP contribution in [-0.4, -0.2) is 117 Å². The molecule has 5 fully saturated rings. The monoisotopic (exact) mass is 1760 g/mol. The van der Waals surface area contributed by atoms with Gasteiger partial charge in [-0.1, -0.05) is 316 Å². The van der Waals surface area contributed by atoms with Crippen molar-refractivity contribution in [2.75, 3.05) is 73.0 Å². The number of likely N-dealkylation sites (tertiary alicyclic amines) is 4. The molecule has 1 aliphatic carbocycles. The van der Waals surface area contributed by atoms with Gasteiger partial charge < -0.3 is 19.8 Å². The molecule has 7 aromatic rings. The number of benzene rings is 4. The molecule has 0 spiro atoms. The third kappa shape index (κ3) is 34.6. The summed E-state index contributed by atoms with van der Waals surface area (Å²) >= 11 is 1.88. The number of thiophene rings is 1. The second-order valence-corrected chi connectivity index (χ2v) is 48.7. The molecule has 127 heavy (non-hydrogen) atoms. The molecule has 14 heteroatoms. The van der Waals surface area contributed by atoms with Crippen LogP contribution in [0.2, 0.25) is 0 Å². The lowest BCUT2D eigenvalue weighted by Gasteiger charge is -2.48. The number of nitrogens with zero attached hydrogens (tertiary/aromatic N) is 9. The fourth-order valence-electron chi connectivity index (χ4n) is 17.4. The third-order valence-corrected chi connectivity index (χ3v) is 31.3. The summed E-state index contributed by atoms with van der Waals surface area (Å²) in [6.07, 6.45) is 27.5. The van der Waals surface area contributed by atoms with E-state index in [1.165, 1.54) is 180 Å². The summed E-state index contributed by atoms with van der Waals surface area (Å²) in [6, 6.07) is 36.8. The Labute approximate surface area is 782 Å². The van der Waals surface area contributed by atoms with Crippen molar-refractivity contribution in [2.45, 2.75) is 351 Å². The summed E-state index contributed by atoms with van der Waals surface area (Å²) in [7, 11) is 8.01. The van der Waals surface area contributed by atoms with Crippen LogP contribution in [0.3, 0.4) is 0 Å². The van der Waals surface area contributed by atoms with Gasteiger partial charge in [0.15, 0.2) is 0 Å². The Kier molecular flexibility index (Phi) is 40.8. The maximum atomic E-state index is 13.6. The number of rotatable bonds is 13. The van der Waals surface area contributed by atoms with Crippen LogP contribution in [0.25, 0.3) is 0 Å². The minimum Gasteiger partial charge on any atom is -0.337 e. The smallest absolute Gasteiger partial charge is 0.127 e. The van der Waals surface area contributed by atoms with Crippen molar-refractivity contribution in [3.05, 3.63) is 224 Å². The zero-order chi connectivity index (χ0) is 95.0. The number of nitrogens with one attached hydrogen (secondary N) is 3. The fraction of sp³-hybridized carbons (Fsp3) is 0.655. The number of aromatic nitrogens is 4. The number of imidazole rings is 2. The van der Waals surface area contributed by atoms with Gasteiger partial charge >= 0.3 is 0 Å². The highest BCUT2D eigenvalue weighted by Crippen LogP contribution is 2.50.